The molecule has 0 radical (unpaired) electrons. The summed E-state index contributed by atoms with van der Waals surface area (Å²) >= 11 is 0. The van der Waals surface area contributed by atoms with Gasteiger partial charge in [0.25, 0.3) is 0 Å². The third-order valence-electron chi connectivity index (χ3n) is 3.71. The molecule has 1 aromatic carbocycles. The highest BCUT2D eigenvalue weighted by atomic mass is 16.5. The van der Waals surface area contributed by atoms with E-state index in [9.17, 15) is 14.4 Å². The number of esters is 1. The number of carbonyl (C=O) groups excluding carboxylic acids is 2. The van der Waals surface area contributed by atoms with Crippen LogP contribution in [0.3, 0.4) is 0 Å². The molecule has 7 heteroatoms. The smallest absolute Gasteiger partial charge is 0.339 e. The van der Waals surface area contributed by atoms with Gasteiger partial charge in [0.15, 0.2) is 0 Å². The van der Waals surface area contributed by atoms with E-state index in [1.807, 2.05) is 0 Å². The van der Waals surface area contributed by atoms with Crippen LogP contribution in [0, 0.1) is 5.92 Å². The molecule has 0 atom stereocenters. The van der Waals surface area contributed by atoms with E-state index in [0.717, 1.165) is 0 Å². The number of amides is 2. The fourth-order valence-corrected chi connectivity index (χ4v) is 2.40. The number of carboxylic acids is 1. The lowest BCUT2D eigenvalue weighted by molar-refractivity contribution is -0.143. The number of likely N-dealkylation sites (tertiary alicyclic amines) is 1. The second kappa shape index (κ2) is 6.93. The predicted octanol–water partition coefficient (Wildman–Crippen LogP) is 1.80. The van der Waals surface area contributed by atoms with Crippen LogP contribution in [0.25, 0.3) is 0 Å². The molecule has 2 amide bonds. The molecule has 2 rings (SSSR count). The standard InChI is InChI=1S/C15H18N2O5/c1-22-14(20)11-4-2-3-5-12(11)16-15(21)17-8-6-10(7-9-17)13(18)19/h2-5,10H,6-9H2,1H3,(H,16,21)(H,18,19). The van der Waals surface area contributed by atoms with Crippen molar-refractivity contribution in [3.63, 3.8) is 0 Å². The van der Waals surface area contributed by atoms with E-state index < -0.39 is 17.9 Å². The molecule has 0 aromatic heterocycles. The summed E-state index contributed by atoms with van der Waals surface area (Å²) < 4.78 is 4.68. The van der Waals surface area contributed by atoms with Gasteiger partial charge < -0.3 is 20.1 Å². The lowest BCUT2D eigenvalue weighted by Gasteiger charge is -2.30. The van der Waals surface area contributed by atoms with E-state index in [4.69, 9.17) is 5.11 Å². The number of hydrogen-bond acceptors (Lipinski definition) is 4. The quantitative estimate of drug-likeness (QED) is 0.830. The maximum atomic E-state index is 12.2. The lowest BCUT2D eigenvalue weighted by atomic mass is 9.97. The molecular weight excluding hydrogens is 288 g/mol. The molecule has 1 saturated heterocycles. The first-order chi connectivity index (χ1) is 10.5. The normalized spacial score (nSPS) is 15.2. The van der Waals surface area contributed by atoms with E-state index in [1.54, 1.807) is 29.2 Å². The summed E-state index contributed by atoms with van der Waals surface area (Å²) in [6.07, 6.45) is 0.864. The van der Waals surface area contributed by atoms with E-state index >= 15 is 0 Å². The van der Waals surface area contributed by atoms with Gasteiger partial charge in [-0.1, -0.05) is 12.1 Å². The van der Waals surface area contributed by atoms with Crippen molar-refractivity contribution in [3.05, 3.63) is 29.8 Å². The van der Waals surface area contributed by atoms with Crippen LogP contribution in [-0.4, -0.2) is 48.2 Å². The second-order valence-electron chi connectivity index (χ2n) is 5.07. The van der Waals surface area contributed by atoms with Crippen molar-refractivity contribution in [2.75, 3.05) is 25.5 Å². The second-order valence-corrected chi connectivity index (χ2v) is 5.07. The summed E-state index contributed by atoms with van der Waals surface area (Å²) in [5, 5.41) is 11.6. The van der Waals surface area contributed by atoms with Gasteiger partial charge in [-0.25, -0.2) is 9.59 Å². The van der Waals surface area contributed by atoms with Crippen LogP contribution in [0.15, 0.2) is 24.3 Å². The number of urea groups is 1. The molecule has 0 saturated carbocycles. The Kier molecular flexibility index (Phi) is 4.98. The van der Waals surface area contributed by atoms with Crippen LogP contribution in [0.5, 0.6) is 0 Å². The minimum atomic E-state index is -0.823. The Balaban J connectivity index is 2.01. The molecule has 1 aromatic rings. The maximum Gasteiger partial charge on any atom is 0.339 e. The van der Waals surface area contributed by atoms with Crippen LogP contribution < -0.4 is 5.32 Å². The molecule has 22 heavy (non-hydrogen) atoms. The number of anilines is 1. The number of nitrogens with zero attached hydrogens (tertiary/aromatic N) is 1. The van der Waals surface area contributed by atoms with Crippen LogP contribution in [-0.2, 0) is 9.53 Å². The summed E-state index contributed by atoms with van der Waals surface area (Å²) in [5.41, 5.74) is 0.651. The summed E-state index contributed by atoms with van der Waals surface area (Å²) in [7, 11) is 1.28. The summed E-state index contributed by atoms with van der Waals surface area (Å²) in [4.78, 5) is 36.3. The van der Waals surface area contributed by atoms with Crippen molar-refractivity contribution in [3.8, 4) is 0 Å². The Hall–Kier alpha value is -2.57. The fraction of sp³-hybridized carbons (Fsp3) is 0.400. The van der Waals surface area contributed by atoms with Gasteiger partial charge in [0.1, 0.15) is 0 Å². The van der Waals surface area contributed by atoms with E-state index in [1.165, 1.54) is 7.11 Å². The number of piperidine rings is 1. The van der Waals surface area contributed by atoms with Gasteiger partial charge in [-0.15, -0.1) is 0 Å². The van der Waals surface area contributed by atoms with Crippen molar-refractivity contribution in [1.82, 2.24) is 4.90 Å². The van der Waals surface area contributed by atoms with Gasteiger partial charge in [0, 0.05) is 13.1 Å². The van der Waals surface area contributed by atoms with Gasteiger partial charge in [-0.3, -0.25) is 4.79 Å². The minimum Gasteiger partial charge on any atom is -0.481 e. The monoisotopic (exact) mass is 306 g/mol. The first-order valence-corrected chi connectivity index (χ1v) is 6.99. The Morgan fingerprint density at radius 1 is 1.23 bits per heavy atom. The van der Waals surface area contributed by atoms with Crippen molar-refractivity contribution in [1.29, 1.82) is 0 Å². The number of nitrogens with one attached hydrogen (secondary N) is 1. The molecule has 0 aliphatic carbocycles. The summed E-state index contributed by atoms with van der Waals surface area (Å²) in [6.45, 7) is 0.756. The Morgan fingerprint density at radius 3 is 2.45 bits per heavy atom. The highest BCUT2D eigenvalue weighted by molar-refractivity contribution is 6.00. The highest BCUT2D eigenvalue weighted by Crippen LogP contribution is 2.20. The largest absolute Gasteiger partial charge is 0.481 e. The molecule has 0 unspecified atom stereocenters. The average molecular weight is 306 g/mol. The first kappa shape index (κ1) is 15.8. The van der Waals surface area contributed by atoms with Crippen LogP contribution in [0.4, 0.5) is 10.5 Å². The molecule has 2 N–H and O–H groups in total. The third-order valence-corrected chi connectivity index (χ3v) is 3.71. The van der Waals surface area contributed by atoms with Crippen molar-refractivity contribution < 1.29 is 24.2 Å². The van der Waals surface area contributed by atoms with Crippen LogP contribution in [0.2, 0.25) is 0 Å². The Bertz CT molecular complexity index is 579. The number of carboxylic acid groups (broad SMARTS) is 1. The molecule has 118 valence electrons. The van der Waals surface area contributed by atoms with Gasteiger partial charge in [0.05, 0.1) is 24.3 Å². The molecular formula is C15H18N2O5. The Morgan fingerprint density at radius 2 is 1.86 bits per heavy atom. The maximum absolute atomic E-state index is 12.2. The fourth-order valence-electron chi connectivity index (χ4n) is 2.40. The number of methoxy groups -OCH3 is 1. The van der Waals surface area contributed by atoms with Crippen molar-refractivity contribution >= 4 is 23.7 Å². The molecule has 1 heterocycles. The average Bonchev–Trinajstić information content (AvgIpc) is 2.54. The number of para-hydroxylation sites is 1. The molecule has 1 fully saturated rings. The minimum absolute atomic E-state index is 0.277. The molecule has 1 aliphatic heterocycles. The number of ether oxygens (including phenoxy) is 1. The van der Waals surface area contributed by atoms with Crippen LogP contribution in [0.1, 0.15) is 23.2 Å². The van der Waals surface area contributed by atoms with E-state index in [2.05, 4.69) is 10.1 Å². The van der Waals surface area contributed by atoms with Crippen molar-refractivity contribution in [2.45, 2.75) is 12.8 Å². The van der Waals surface area contributed by atoms with Crippen LogP contribution >= 0.6 is 0 Å². The number of carbonyl (C=O) groups is 3. The third kappa shape index (κ3) is 3.55. The SMILES string of the molecule is COC(=O)c1ccccc1NC(=O)N1CCC(C(=O)O)CC1. The van der Waals surface area contributed by atoms with E-state index in [-0.39, 0.29) is 11.6 Å². The van der Waals surface area contributed by atoms with Gasteiger partial charge in [0.2, 0.25) is 0 Å². The highest BCUT2D eigenvalue weighted by Gasteiger charge is 2.27. The van der Waals surface area contributed by atoms with Gasteiger partial charge >= 0.3 is 18.0 Å². The lowest BCUT2D eigenvalue weighted by Crippen LogP contribution is -2.42. The van der Waals surface area contributed by atoms with Gasteiger partial charge in [-0.2, -0.15) is 0 Å². The molecule has 1 aliphatic rings. The zero-order chi connectivity index (χ0) is 16.1. The molecule has 7 nitrogen and oxygen atoms in total. The Labute approximate surface area is 127 Å². The number of aliphatic carboxylic acids is 1. The topological polar surface area (TPSA) is 95.9 Å². The van der Waals surface area contributed by atoms with E-state index in [0.29, 0.717) is 31.6 Å². The summed E-state index contributed by atoms with van der Waals surface area (Å²) in [5.74, 6) is -1.75. The predicted molar refractivity (Wildman–Crippen MR) is 78.7 cm³/mol. The number of benzene rings is 1. The first-order valence-electron chi connectivity index (χ1n) is 6.99. The number of hydrogen-bond donors (Lipinski definition) is 2. The van der Waals surface area contributed by atoms with Gasteiger partial charge in [-0.05, 0) is 25.0 Å². The zero-order valence-electron chi connectivity index (χ0n) is 12.2. The molecule has 0 spiro atoms. The number of rotatable bonds is 3. The summed E-state index contributed by atoms with van der Waals surface area (Å²) in [6, 6.07) is 6.23. The zero-order valence-corrected chi connectivity index (χ0v) is 12.2. The van der Waals surface area contributed by atoms with Crippen molar-refractivity contribution in [2.24, 2.45) is 5.92 Å². The molecule has 0 bridgehead atoms.